The molecule has 1 aromatic carbocycles. The monoisotopic (exact) mass is 305 g/mol. The molecule has 0 saturated carbocycles. The van der Waals surface area contributed by atoms with E-state index in [1.54, 1.807) is 6.20 Å². The van der Waals surface area contributed by atoms with Gasteiger partial charge in [-0.2, -0.15) is 0 Å². The van der Waals surface area contributed by atoms with Crippen LogP contribution in [0.4, 0.5) is 0 Å². The zero-order valence-corrected chi connectivity index (χ0v) is 13.1. The van der Waals surface area contributed by atoms with E-state index in [1.807, 2.05) is 48.7 Å². The quantitative estimate of drug-likeness (QED) is 0.704. The molecule has 0 amide bonds. The largest absolute Gasteiger partial charge is 0.342 e. The number of H-pyrrole nitrogens is 1. The Morgan fingerprint density at radius 1 is 1.13 bits per heavy atom. The zero-order valence-electron chi connectivity index (χ0n) is 13.1. The molecule has 0 unspecified atom stereocenters. The van der Waals surface area contributed by atoms with Gasteiger partial charge in [-0.05, 0) is 18.6 Å². The van der Waals surface area contributed by atoms with Gasteiger partial charge in [-0.3, -0.25) is 9.78 Å². The van der Waals surface area contributed by atoms with Gasteiger partial charge in [0.05, 0.1) is 6.42 Å². The Hall–Kier alpha value is -2.75. The summed E-state index contributed by atoms with van der Waals surface area (Å²) in [4.78, 5) is 24.3. The number of pyridine rings is 1. The fourth-order valence-corrected chi connectivity index (χ4v) is 2.51. The fourth-order valence-electron chi connectivity index (χ4n) is 2.51. The van der Waals surface area contributed by atoms with Crippen LogP contribution in [-0.4, -0.2) is 20.7 Å². The first-order valence-electron chi connectivity index (χ1n) is 7.83. The number of ketones is 1. The van der Waals surface area contributed by atoms with E-state index in [4.69, 9.17) is 0 Å². The molecule has 0 saturated heterocycles. The Balaban J connectivity index is 1.78. The molecule has 0 aliphatic heterocycles. The van der Waals surface area contributed by atoms with Crippen LogP contribution in [0.25, 0.3) is 11.4 Å². The van der Waals surface area contributed by atoms with Crippen LogP contribution in [0, 0.1) is 0 Å². The molecule has 2 heterocycles. The van der Waals surface area contributed by atoms with Crippen molar-refractivity contribution in [3.8, 4) is 11.4 Å². The number of carbonyl (C=O) groups excluding carboxylic acids is 1. The first-order chi connectivity index (χ1) is 11.3. The van der Waals surface area contributed by atoms with E-state index in [-0.39, 0.29) is 5.78 Å². The van der Waals surface area contributed by atoms with Gasteiger partial charge in [0.2, 0.25) is 0 Å². The highest BCUT2D eigenvalue weighted by molar-refractivity contribution is 5.97. The lowest BCUT2D eigenvalue weighted by atomic mass is 10.1. The molecule has 1 N–H and O–H groups in total. The molecule has 0 radical (unpaired) electrons. The van der Waals surface area contributed by atoms with Gasteiger partial charge in [0.1, 0.15) is 5.82 Å². The van der Waals surface area contributed by atoms with Crippen LogP contribution in [0.15, 0.2) is 54.9 Å². The first kappa shape index (κ1) is 15.2. The predicted molar refractivity (Wildman–Crippen MR) is 90.3 cm³/mol. The molecule has 0 aliphatic rings. The molecule has 0 spiro atoms. The first-order valence-corrected chi connectivity index (χ1v) is 7.83. The number of carbonyl (C=O) groups is 1. The van der Waals surface area contributed by atoms with Crippen LogP contribution in [0.5, 0.6) is 0 Å². The second-order valence-electron chi connectivity index (χ2n) is 5.51. The number of hydrogen-bond acceptors (Lipinski definition) is 3. The lowest BCUT2D eigenvalue weighted by molar-refractivity contribution is 0.0992. The average Bonchev–Trinajstić information content (AvgIpc) is 3.05. The molecule has 4 nitrogen and oxygen atoms in total. The van der Waals surface area contributed by atoms with E-state index in [0.717, 1.165) is 35.6 Å². The van der Waals surface area contributed by atoms with Crippen molar-refractivity contribution in [1.29, 1.82) is 0 Å². The Morgan fingerprint density at radius 3 is 2.74 bits per heavy atom. The molecular weight excluding hydrogens is 286 g/mol. The minimum absolute atomic E-state index is 0.0707. The van der Waals surface area contributed by atoms with Crippen molar-refractivity contribution >= 4 is 5.78 Å². The molecule has 23 heavy (non-hydrogen) atoms. The molecule has 2 aromatic heterocycles. The maximum atomic E-state index is 12.3. The zero-order chi connectivity index (χ0) is 16.1. The van der Waals surface area contributed by atoms with Gasteiger partial charge < -0.3 is 4.98 Å². The van der Waals surface area contributed by atoms with Crippen molar-refractivity contribution in [1.82, 2.24) is 15.0 Å². The maximum absolute atomic E-state index is 12.3. The van der Waals surface area contributed by atoms with E-state index in [0.29, 0.717) is 12.0 Å². The summed E-state index contributed by atoms with van der Waals surface area (Å²) in [5.74, 6) is 0.894. The van der Waals surface area contributed by atoms with Crippen molar-refractivity contribution in [3.05, 3.63) is 71.8 Å². The van der Waals surface area contributed by atoms with Gasteiger partial charge in [0.15, 0.2) is 5.78 Å². The SMILES string of the molecule is CCCc1cnc(-c2ccnc(CC(=O)c3ccccc3)c2)[nH]1. The summed E-state index contributed by atoms with van der Waals surface area (Å²) < 4.78 is 0. The highest BCUT2D eigenvalue weighted by Crippen LogP contribution is 2.17. The van der Waals surface area contributed by atoms with Gasteiger partial charge in [-0.1, -0.05) is 43.7 Å². The number of imidazole rings is 1. The van der Waals surface area contributed by atoms with Gasteiger partial charge in [-0.15, -0.1) is 0 Å². The van der Waals surface area contributed by atoms with Crippen molar-refractivity contribution < 1.29 is 4.79 Å². The third-order valence-electron chi connectivity index (χ3n) is 3.68. The smallest absolute Gasteiger partial charge is 0.168 e. The lowest BCUT2D eigenvalue weighted by Gasteiger charge is -2.03. The standard InChI is InChI=1S/C19H19N3O/c1-2-6-16-13-21-19(22-16)15-9-10-20-17(11-15)12-18(23)14-7-4-3-5-8-14/h3-5,7-11,13H,2,6,12H2,1H3,(H,21,22). The van der Waals surface area contributed by atoms with Gasteiger partial charge in [0.25, 0.3) is 0 Å². The summed E-state index contributed by atoms with van der Waals surface area (Å²) >= 11 is 0. The van der Waals surface area contributed by atoms with E-state index in [9.17, 15) is 4.79 Å². The van der Waals surface area contributed by atoms with E-state index >= 15 is 0 Å². The molecule has 0 aliphatic carbocycles. The molecule has 0 fully saturated rings. The molecule has 0 atom stereocenters. The van der Waals surface area contributed by atoms with Crippen LogP contribution in [0.3, 0.4) is 0 Å². The molecule has 0 bridgehead atoms. The lowest BCUT2D eigenvalue weighted by Crippen LogP contribution is -2.05. The highest BCUT2D eigenvalue weighted by atomic mass is 16.1. The Bertz CT molecular complexity index is 793. The number of rotatable bonds is 6. The van der Waals surface area contributed by atoms with Crippen molar-refractivity contribution in [2.75, 3.05) is 0 Å². The van der Waals surface area contributed by atoms with Crippen molar-refractivity contribution in [2.45, 2.75) is 26.2 Å². The number of aromatic amines is 1. The summed E-state index contributed by atoms with van der Waals surface area (Å²) in [5.41, 5.74) is 3.55. The second kappa shape index (κ2) is 7.01. The number of hydrogen-bond donors (Lipinski definition) is 1. The number of nitrogens with one attached hydrogen (secondary N) is 1. The van der Waals surface area contributed by atoms with Crippen LogP contribution in [-0.2, 0) is 12.8 Å². The molecule has 3 rings (SSSR count). The highest BCUT2D eigenvalue weighted by Gasteiger charge is 2.10. The van der Waals surface area contributed by atoms with Crippen LogP contribution < -0.4 is 0 Å². The topological polar surface area (TPSA) is 58.6 Å². The van der Waals surface area contributed by atoms with Gasteiger partial charge in [-0.25, -0.2) is 4.98 Å². The third kappa shape index (κ3) is 3.72. The van der Waals surface area contributed by atoms with E-state index < -0.39 is 0 Å². The number of aromatic nitrogens is 3. The average molecular weight is 305 g/mol. The number of nitrogens with zero attached hydrogens (tertiary/aromatic N) is 2. The summed E-state index contributed by atoms with van der Waals surface area (Å²) in [6, 6.07) is 13.1. The van der Waals surface area contributed by atoms with E-state index in [1.165, 1.54) is 0 Å². The summed E-state index contributed by atoms with van der Waals surface area (Å²) in [6.07, 6.45) is 5.95. The fraction of sp³-hybridized carbons (Fsp3) is 0.211. The van der Waals surface area contributed by atoms with Crippen LogP contribution >= 0.6 is 0 Å². The van der Waals surface area contributed by atoms with Crippen molar-refractivity contribution in [3.63, 3.8) is 0 Å². The van der Waals surface area contributed by atoms with Crippen LogP contribution in [0.1, 0.15) is 35.1 Å². The molecule has 116 valence electrons. The Labute approximate surface area is 135 Å². The molecule has 4 heteroatoms. The predicted octanol–water partition coefficient (Wildman–Crippen LogP) is 3.85. The summed E-state index contributed by atoms with van der Waals surface area (Å²) in [5, 5.41) is 0. The van der Waals surface area contributed by atoms with Gasteiger partial charge >= 0.3 is 0 Å². The third-order valence-corrected chi connectivity index (χ3v) is 3.68. The van der Waals surface area contributed by atoms with E-state index in [2.05, 4.69) is 21.9 Å². The summed E-state index contributed by atoms with van der Waals surface area (Å²) in [6.45, 7) is 2.14. The van der Waals surface area contributed by atoms with Crippen LogP contribution in [0.2, 0.25) is 0 Å². The normalized spacial score (nSPS) is 10.7. The minimum atomic E-state index is 0.0707. The Kier molecular flexibility index (Phi) is 4.62. The van der Waals surface area contributed by atoms with Crippen molar-refractivity contribution in [2.24, 2.45) is 0 Å². The number of benzene rings is 1. The second-order valence-corrected chi connectivity index (χ2v) is 5.51. The summed E-state index contributed by atoms with van der Waals surface area (Å²) in [7, 11) is 0. The maximum Gasteiger partial charge on any atom is 0.168 e. The number of Topliss-reactive ketones (excluding diaryl/α,β-unsaturated/α-hetero) is 1. The number of aryl methyl sites for hydroxylation is 1. The van der Waals surface area contributed by atoms with Gasteiger partial charge in [0, 0.05) is 34.9 Å². The Morgan fingerprint density at radius 2 is 1.96 bits per heavy atom. The minimum Gasteiger partial charge on any atom is -0.342 e. The molecule has 3 aromatic rings. The molecular formula is C19H19N3O.